The third-order valence-electron chi connectivity index (χ3n) is 7.84. The van der Waals surface area contributed by atoms with Gasteiger partial charge in [-0.25, -0.2) is 0 Å². The highest BCUT2D eigenvalue weighted by atomic mass is 16.3. The van der Waals surface area contributed by atoms with Gasteiger partial charge in [0.1, 0.15) is 12.1 Å². The van der Waals surface area contributed by atoms with Gasteiger partial charge in [0.2, 0.25) is 17.7 Å². The molecular weight excluding hydrogens is 556 g/mol. The maximum absolute atomic E-state index is 13.6. The van der Waals surface area contributed by atoms with E-state index in [9.17, 15) is 24.6 Å². The van der Waals surface area contributed by atoms with E-state index in [-0.39, 0.29) is 42.6 Å². The number of hydrogen-bond donors (Lipinski definition) is 6. The Hall–Kier alpha value is -3.17. The lowest BCUT2D eigenvalue weighted by Gasteiger charge is -2.30. The molecule has 3 amide bonds. The molecule has 0 radical (unpaired) electrons. The van der Waals surface area contributed by atoms with Gasteiger partial charge in [-0.3, -0.25) is 14.4 Å². The van der Waals surface area contributed by atoms with Gasteiger partial charge in [-0.2, -0.15) is 0 Å². The monoisotopic (exact) mass is 612 g/mol. The lowest BCUT2D eigenvalue weighted by molar-refractivity contribution is -0.130. The minimum absolute atomic E-state index is 0.0389. The van der Waals surface area contributed by atoms with Gasteiger partial charge in [-0.15, -0.1) is 0 Å². The Bertz CT molecular complexity index is 1170. The third kappa shape index (κ3) is 12.4. The Balaban J connectivity index is 2.14. The zero-order valence-electron chi connectivity index (χ0n) is 27.6. The van der Waals surface area contributed by atoms with Crippen LogP contribution in [0.1, 0.15) is 86.5 Å². The zero-order valence-corrected chi connectivity index (χ0v) is 27.6. The average Bonchev–Trinajstić information content (AvgIpc) is 2.99. The van der Waals surface area contributed by atoms with E-state index in [4.69, 9.17) is 0 Å². The fraction of sp³-hybridized carbons (Fsp3) is 0.629. The summed E-state index contributed by atoms with van der Waals surface area (Å²) in [4.78, 5) is 39.9. The molecule has 5 atom stereocenters. The highest BCUT2D eigenvalue weighted by Gasteiger charge is 2.31. The van der Waals surface area contributed by atoms with Crippen LogP contribution in [0.2, 0.25) is 0 Å². The summed E-state index contributed by atoms with van der Waals surface area (Å²) in [6.07, 6.45) is 2.68. The number of rotatable bonds is 20. The quantitative estimate of drug-likeness (QED) is 0.127. The number of anilines is 1. The first-order chi connectivity index (χ1) is 21.0. The normalized spacial score (nSPS) is 15.0. The summed E-state index contributed by atoms with van der Waals surface area (Å²) >= 11 is 0. The topological polar surface area (TPSA) is 140 Å². The highest BCUT2D eigenvalue weighted by Crippen LogP contribution is 2.24. The fourth-order valence-corrected chi connectivity index (χ4v) is 5.33. The van der Waals surface area contributed by atoms with Crippen LogP contribution in [0.3, 0.4) is 0 Å². The maximum atomic E-state index is 13.6. The lowest BCUT2D eigenvalue weighted by atomic mass is 9.89. The summed E-state index contributed by atoms with van der Waals surface area (Å²) in [6, 6.07) is 11.9. The largest absolute Gasteiger partial charge is 0.396 e. The minimum atomic E-state index is -0.968. The summed E-state index contributed by atoms with van der Waals surface area (Å²) < 4.78 is 0. The molecule has 0 heterocycles. The van der Waals surface area contributed by atoms with Crippen molar-refractivity contribution in [1.82, 2.24) is 16.0 Å². The molecule has 6 N–H and O–H groups in total. The average molecular weight is 613 g/mol. The summed E-state index contributed by atoms with van der Waals surface area (Å²) in [5, 5.41) is 35.0. The first-order valence-corrected chi connectivity index (χ1v) is 16.4. The van der Waals surface area contributed by atoms with Crippen LogP contribution >= 0.6 is 0 Å². The van der Waals surface area contributed by atoms with Crippen LogP contribution in [0.5, 0.6) is 0 Å². The van der Waals surface area contributed by atoms with Gasteiger partial charge in [0.05, 0.1) is 12.1 Å². The summed E-state index contributed by atoms with van der Waals surface area (Å²) in [6.45, 7) is 12.4. The molecule has 0 aliphatic heterocycles. The highest BCUT2D eigenvalue weighted by molar-refractivity contribution is 5.96. The van der Waals surface area contributed by atoms with Gasteiger partial charge >= 0.3 is 0 Å². The summed E-state index contributed by atoms with van der Waals surface area (Å²) in [5.41, 5.74) is 0.841. The van der Waals surface area contributed by atoms with E-state index in [2.05, 4.69) is 21.3 Å². The summed E-state index contributed by atoms with van der Waals surface area (Å²) in [5.74, 6) is -0.809. The predicted octanol–water partition coefficient (Wildman–Crippen LogP) is 4.76. The Kier molecular flexibility index (Phi) is 16.2. The van der Waals surface area contributed by atoms with Gasteiger partial charge in [-0.05, 0) is 62.3 Å². The molecule has 2 rings (SSSR count). The molecule has 44 heavy (non-hydrogen) atoms. The van der Waals surface area contributed by atoms with Gasteiger partial charge in [-0.1, -0.05) is 83.9 Å². The lowest BCUT2D eigenvalue weighted by Crippen LogP contribution is -2.55. The first-order valence-electron chi connectivity index (χ1n) is 16.4. The molecular formula is C35H56N4O5. The van der Waals surface area contributed by atoms with Crippen molar-refractivity contribution in [1.29, 1.82) is 0 Å². The number of aliphatic hydroxyl groups excluding tert-OH is 2. The predicted molar refractivity (Wildman–Crippen MR) is 178 cm³/mol. The second kappa shape index (κ2) is 19.3. The maximum Gasteiger partial charge on any atom is 0.242 e. The fourth-order valence-electron chi connectivity index (χ4n) is 5.33. The molecule has 0 bridgehead atoms. The Labute approximate surface area is 264 Å². The molecule has 0 fully saturated rings. The van der Waals surface area contributed by atoms with Gasteiger partial charge in [0.25, 0.3) is 0 Å². The standard InChI is InChI=1S/C35H56N4O5/c1-7-8-17-30(38-33(42)25(6)37-29-18-11-14-26-13-9-10-16-28(26)29)35(44)39-31(20-23(2)3)32(41)21-27(15-12-19-40)34(43)36-22-24(4)5/h9-11,13-14,16,18,23-25,27,30-32,37,40-41H,7-8,12,15,17,19-22H2,1-6H3,(H,36,43)(H,38,42)(H,39,44)/t25?,27?,30-,31-,32-/m0/s1. The van der Waals surface area contributed by atoms with Crippen molar-refractivity contribution in [2.45, 2.75) is 111 Å². The molecule has 2 aromatic carbocycles. The van der Waals surface area contributed by atoms with Crippen LogP contribution in [-0.4, -0.2) is 65.3 Å². The van der Waals surface area contributed by atoms with E-state index in [1.165, 1.54) is 0 Å². The molecule has 0 spiro atoms. The van der Waals surface area contributed by atoms with Crippen LogP contribution in [-0.2, 0) is 14.4 Å². The van der Waals surface area contributed by atoms with Gasteiger partial charge < -0.3 is 31.5 Å². The smallest absolute Gasteiger partial charge is 0.242 e. The molecule has 0 aliphatic carbocycles. The van der Waals surface area contributed by atoms with E-state index in [0.717, 1.165) is 29.3 Å². The molecule has 0 aromatic heterocycles. The molecule has 9 nitrogen and oxygen atoms in total. The number of fused-ring (bicyclic) bond motifs is 1. The number of aliphatic hydroxyl groups is 2. The number of carbonyl (C=O) groups is 3. The van der Waals surface area contributed by atoms with Crippen LogP contribution in [0, 0.1) is 17.8 Å². The Morgan fingerprint density at radius 2 is 1.50 bits per heavy atom. The van der Waals surface area contributed by atoms with Crippen molar-refractivity contribution in [3.63, 3.8) is 0 Å². The number of hydrogen-bond acceptors (Lipinski definition) is 6. The molecule has 2 aromatic rings. The van der Waals surface area contributed by atoms with Crippen molar-refractivity contribution in [3.05, 3.63) is 42.5 Å². The number of carbonyl (C=O) groups excluding carboxylic acids is 3. The van der Waals surface area contributed by atoms with E-state index < -0.39 is 30.1 Å². The van der Waals surface area contributed by atoms with E-state index in [1.807, 2.05) is 77.1 Å². The van der Waals surface area contributed by atoms with E-state index in [0.29, 0.717) is 32.2 Å². The number of unbranched alkanes of at least 4 members (excludes halogenated alkanes) is 1. The number of nitrogens with one attached hydrogen (secondary N) is 4. The van der Waals surface area contributed by atoms with Crippen LogP contribution in [0.15, 0.2) is 42.5 Å². The van der Waals surface area contributed by atoms with Crippen molar-refractivity contribution in [2.75, 3.05) is 18.5 Å². The van der Waals surface area contributed by atoms with Crippen molar-refractivity contribution in [2.24, 2.45) is 17.8 Å². The van der Waals surface area contributed by atoms with Gasteiger partial charge in [0.15, 0.2) is 0 Å². The van der Waals surface area contributed by atoms with Gasteiger partial charge in [0, 0.05) is 30.1 Å². The first kappa shape index (κ1) is 37.0. The summed E-state index contributed by atoms with van der Waals surface area (Å²) in [7, 11) is 0. The Morgan fingerprint density at radius 1 is 0.795 bits per heavy atom. The molecule has 0 aliphatic rings. The molecule has 2 unspecified atom stereocenters. The molecule has 0 saturated carbocycles. The second-order valence-electron chi connectivity index (χ2n) is 12.8. The van der Waals surface area contributed by atoms with Crippen molar-refractivity contribution >= 4 is 34.2 Å². The molecule has 246 valence electrons. The SMILES string of the molecule is CCCC[C@H](NC(=O)C(C)Nc1cccc2ccccc12)C(=O)N[C@@H](CC(C)C)[C@@H](O)CC(CCCO)C(=O)NCC(C)C. The van der Waals surface area contributed by atoms with Crippen molar-refractivity contribution < 1.29 is 24.6 Å². The molecule has 0 saturated heterocycles. The van der Waals surface area contributed by atoms with E-state index >= 15 is 0 Å². The third-order valence-corrected chi connectivity index (χ3v) is 7.84. The van der Waals surface area contributed by atoms with Crippen LogP contribution in [0.25, 0.3) is 10.8 Å². The molecule has 9 heteroatoms. The second-order valence-corrected chi connectivity index (χ2v) is 12.8. The van der Waals surface area contributed by atoms with Crippen molar-refractivity contribution in [3.8, 4) is 0 Å². The number of benzene rings is 2. The minimum Gasteiger partial charge on any atom is -0.396 e. The number of amides is 3. The van der Waals surface area contributed by atoms with Crippen LogP contribution in [0.4, 0.5) is 5.69 Å². The zero-order chi connectivity index (χ0) is 32.6. The Morgan fingerprint density at radius 3 is 2.16 bits per heavy atom. The van der Waals surface area contributed by atoms with E-state index in [1.54, 1.807) is 6.92 Å². The van der Waals surface area contributed by atoms with Crippen LogP contribution < -0.4 is 21.3 Å².